The number of furan rings is 1. The fourth-order valence-corrected chi connectivity index (χ4v) is 2.83. The van der Waals surface area contributed by atoms with E-state index in [9.17, 15) is 0 Å². The Morgan fingerprint density at radius 3 is 2.48 bits per heavy atom. The number of para-hydroxylation sites is 1. The van der Waals surface area contributed by atoms with E-state index in [2.05, 4.69) is 25.2 Å². The zero-order chi connectivity index (χ0) is 16.5. The molecule has 0 aliphatic carbocycles. The van der Waals surface area contributed by atoms with Crippen LogP contribution in [0.25, 0.3) is 33.5 Å². The van der Waals surface area contributed by atoms with Gasteiger partial charge in [-0.2, -0.15) is 4.98 Å². The topological polar surface area (TPSA) is 55.5 Å². The van der Waals surface area contributed by atoms with Gasteiger partial charge in [-0.05, 0) is 25.5 Å². The average Bonchev–Trinajstić information content (AvgIpc) is 3.01. The molecule has 0 radical (unpaired) electrons. The third-order valence-corrected chi connectivity index (χ3v) is 4.36. The first-order valence-corrected chi connectivity index (χ1v) is 8.36. The molecule has 0 saturated heterocycles. The number of rotatable bonds is 4. The van der Waals surface area contributed by atoms with Crippen molar-refractivity contribution < 1.29 is 22.1 Å². The van der Waals surface area contributed by atoms with Crippen LogP contribution in [0.1, 0.15) is 20.3 Å². The van der Waals surface area contributed by atoms with Crippen LogP contribution in [0.15, 0.2) is 59.0 Å². The number of aromatic nitrogens is 2. The highest BCUT2D eigenvalue weighted by Crippen LogP contribution is 2.31. The number of hydrogen-bond acceptors (Lipinski definition) is 3. The number of quaternary nitrogens is 1. The molecule has 0 bridgehead atoms. The highest BCUT2D eigenvalue weighted by molar-refractivity contribution is 6.05. The Kier molecular flexibility index (Phi) is 5.02. The second-order valence-electron chi connectivity index (χ2n) is 6.13. The summed E-state index contributed by atoms with van der Waals surface area (Å²) in [7, 11) is 0. The molecule has 2 aromatic carbocycles. The third kappa shape index (κ3) is 3.23. The first-order chi connectivity index (χ1) is 11.8. The second kappa shape index (κ2) is 7.21. The standard InChI is InChI=1S/C20H19N3O.ClH/c1-3-13(2)21-20-18-17(15-11-7-8-12-16(15)24-18)22-19(23-20)14-9-5-4-6-10-14;/h4-13H,3H2,1-2H3,(H,21,22,23);1H. The molecule has 1 unspecified atom stereocenters. The highest BCUT2D eigenvalue weighted by Gasteiger charge is 2.20. The van der Waals surface area contributed by atoms with Gasteiger partial charge in [0.05, 0.1) is 6.04 Å². The summed E-state index contributed by atoms with van der Waals surface area (Å²) in [6, 6.07) is 18.5. The lowest BCUT2D eigenvalue weighted by Gasteiger charge is -2.08. The van der Waals surface area contributed by atoms with Crippen molar-refractivity contribution in [2.24, 2.45) is 0 Å². The number of fused-ring (bicyclic) bond motifs is 3. The minimum absolute atomic E-state index is 0. The maximum atomic E-state index is 6.06. The fourth-order valence-electron chi connectivity index (χ4n) is 2.83. The molecule has 0 amide bonds. The lowest BCUT2D eigenvalue weighted by atomic mass is 10.2. The van der Waals surface area contributed by atoms with E-state index < -0.39 is 0 Å². The van der Waals surface area contributed by atoms with Crippen molar-refractivity contribution in [1.29, 1.82) is 0 Å². The Morgan fingerprint density at radius 1 is 1.00 bits per heavy atom. The van der Waals surface area contributed by atoms with Crippen LogP contribution in [0.5, 0.6) is 0 Å². The van der Waals surface area contributed by atoms with Crippen molar-refractivity contribution in [3.63, 3.8) is 0 Å². The van der Waals surface area contributed by atoms with Gasteiger partial charge in [-0.3, -0.25) is 5.32 Å². The van der Waals surface area contributed by atoms with Gasteiger partial charge in [-0.25, -0.2) is 4.98 Å². The van der Waals surface area contributed by atoms with Crippen LogP contribution in [0, 0.1) is 0 Å². The van der Waals surface area contributed by atoms with Crippen molar-refractivity contribution in [3.05, 3.63) is 54.6 Å². The molecule has 4 rings (SSSR count). The molecule has 5 heteroatoms. The molecule has 0 aliphatic heterocycles. The van der Waals surface area contributed by atoms with E-state index >= 15 is 0 Å². The first kappa shape index (κ1) is 17.4. The van der Waals surface area contributed by atoms with E-state index in [1.54, 1.807) is 0 Å². The summed E-state index contributed by atoms with van der Waals surface area (Å²) in [6.45, 7) is 4.37. The number of nitrogens with zero attached hydrogens (tertiary/aromatic N) is 2. The molecule has 0 fully saturated rings. The second-order valence-corrected chi connectivity index (χ2v) is 6.13. The molecule has 4 nitrogen and oxygen atoms in total. The molecule has 2 N–H and O–H groups in total. The summed E-state index contributed by atoms with van der Waals surface area (Å²) in [6.07, 6.45) is 1.06. The number of halogens is 1. The van der Waals surface area contributed by atoms with E-state index in [-0.39, 0.29) is 12.4 Å². The van der Waals surface area contributed by atoms with Gasteiger partial charge in [-0.15, -0.1) is 0 Å². The van der Waals surface area contributed by atoms with E-state index in [0.717, 1.165) is 45.7 Å². The molecule has 0 aliphatic rings. The van der Waals surface area contributed by atoms with Crippen LogP contribution in [0.2, 0.25) is 0 Å². The summed E-state index contributed by atoms with van der Waals surface area (Å²) < 4.78 is 6.06. The SMILES string of the molecule is CCC(C)[NH2+]c1nc(-c2ccccc2)nc2c1oc1ccccc12.[Cl-]. The fraction of sp³-hybridized carbons (Fsp3) is 0.200. The van der Waals surface area contributed by atoms with Crippen LogP contribution in [-0.2, 0) is 0 Å². The molecule has 128 valence electrons. The van der Waals surface area contributed by atoms with Gasteiger partial charge >= 0.3 is 0 Å². The highest BCUT2D eigenvalue weighted by atomic mass is 35.5. The zero-order valence-electron chi connectivity index (χ0n) is 14.2. The smallest absolute Gasteiger partial charge is 0.272 e. The maximum absolute atomic E-state index is 6.06. The van der Waals surface area contributed by atoms with Gasteiger partial charge in [0.2, 0.25) is 5.58 Å². The lowest BCUT2D eigenvalue weighted by Crippen LogP contribution is -3.00. The minimum Gasteiger partial charge on any atom is -1.00 e. The molecule has 2 heterocycles. The van der Waals surface area contributed by atoms with Crippen LogP contribution in [-0.4, -0.2) is 16.0 Å². The Balaban J connectivity index is 0.00000182. The largest absolute Gasteiger partial charge is 1.00 e. The molecule has 0 saturated carbocycles. The molecule has 4 aromatic rings. The summed E-state index contributed by atoms with van der Waals surface area (Å²) >= 11 is 0. The number of hydrogen-bond donors (Lipinski definition) is 1. The Hall–Kier alpha value is -2.43. The third-order valence-electron chi connectivity index (χ3n) is 4.36. The minimum atomic E-state index is 0. The van der Waals surface area contributed by atoms with Gasteiger partial charge in [0, 0.05) is 10.9 Å². The lowest BCUT2D eigenvalue weighted by molar-refractivity contribution is -0.609. The van der Waals surface area contributed by atoms with Gasteiger partial charge < -0.3 is 16.8 Å². The first-order valence-electron chi connectivity index (χ1n) is 8.36. The van der Waals surface area contributed by atoms with Gasteiger partial charge in [-0.1, -0.05) is 49.4 Å². The van der Waals surface area contributed by atoms with Gasteiger partial charge in [0.1, 0.15) is 11.1 Å². The van der Waals surface area contributed by atoms with Crippen molar-refractivity contribution in [2.45, 2.75) is 26.3 Å². The molecule has 2 aromatic heterocycles. The van der Waals surface area contributed by atoms with Crippen LogP contribution in [0.4, 0.5) is 5.82 Å². The summed E-state index contributed by atoms with van der Waals surface area (Å²) in [5, 5.41) is 3.21. The van der Waals surface area contributed by atoms with E-state index in [0.29, 0.717) is 6.04 Å². The molecular formula is C20H20ClN3O. The predicted molar refractivity (Wildman–Crippen MR) is 96.1 cm³/mol. The van der Waals surface area contributed by atoms with Crippen LogP contribution < -0.4 is 17.7 Å². The summed E-state index contributed by atoms with van der Waals surface area (Å²) in [5.74, 6) is 1.62. The van der Waals surface area contributed by atoms with Crippen molar-refractivity contribution in [1.82, 2.24) is 9.97 Å². The number of benzene rings is 2. The molecular weight excluding hydrogens is 334 g/mol. The average molecular weight is 354 g/mol. The van der Waals surface area contributed by atoms with Crippen molar-refractivity contribution in [3.8, 4) is 11.4 Å². The summed E-state index contributed by atoms with van der Waals surface area (Å²) in [5.41, 5.74) is 3.53. The normalized spacial score (nSPS) is 12.2. The van der Waals surface area contributed by atoms with Gasteiger partial charge in [0.25, 0.3) is 5.82 Å². The van der Waals surface area contributed by atoms with E-state index in [1.165, 1.54) is 0 Å². The summed E-state index contributed by atoms with van der Waals surface area (Å²) in [4.78, 5) is 9.60. The quantitative estimate of drug-likeness (QED) is 0.596. The Bertz CT molecular complexity index is 998. The monoisotopic (exact) mass is 353 g/mol. The Morgan fingerprint density at radius 2 is 1.72 bits per heavy atom. The zero-order valence-corrected chi connectivity index (χ0v) is 15.0. The van der Waals surface area contributed by atoms with Crippen molar-refractivity contribution >= 4 is 27.9 Å². The predicted octanol–water partition coefficient (Wildman–Crippen LogP) is 1.04. The maximum Gasteiger partial charge on any atom is 0.272 e. The molecule has 0 spiro atoms. The van der Waals surface area contributed by atoms with Crippen LogP contribution in [0.3, 0.4) is 0 Å². The van der Waals surface area contributed by atoms with Crippen molar-refractivity contribution in [2.75, 3.05) is 0 Å². The number of nitrogens with two attached hydrogens (primary N) is 1. The van der Waals surface area contributed by atoms with E-state index in [1.807, 2.05) is 48.5 Å². The van der Waals surface area contributed by atoms with Gasteiger partial charge in [0.15, 0.2) is 5.82 Å². The van der Waals surface area contributed by atoms with E-state index in [4.69, 9.17) is 14.4 Å². The molecule has 25 heavy (non-hydrogen) atoms. The molecule has 1 atom stereocenters. The van der Waals surface area contributed by atoms with Crippen LogP contribution >= 0.6 is 0 Å². The Labute approximate surface area is 152 Å².